The normalized spacial score (nSPS) is 20.4. The Morgan fingerprint density at radius 2 is 2.19 bits per heavy atom. The van der Waals surface area contributed by atoms with Crippen LogP contribution in [-0.4, -0.2) is 37.6 Å². The third-order valence-corrected chi connectivity index (χ3v) is 2.99. The first-order valence-electron chi connectivity index (χ1n) is 5.82. The van der Waals surface area contributed by atoms with Crippen LogP contribution in [0.3, 0.4) is 0 Å². The van der Waals surface area contributed by atoms with Crippen molar-refractivity contribution in [2.45, 2.75) is 12.5 Å². The monoisotopic (exact) mass is 214 g/mol. The van der Waals surface area contributed by atoms with Gasteiger partial charge >= 0.3 is 0 Å². The van der Waals surface area contributed by atoms with Crippen LogP contribution in [0.25, 0.3) is 0 Å². The highest BCUT2D eigenvalue weighted by Crippen LogP contribution is 2.07. The minimum Gasteiger partial charge on any atom is -0.316 e. The van der Waals surface area contributed by atoms with Gasteiger partial charge in [-0.25, -0.2) is 0 Å². The van der Waals surface area contributed by atoms with Crippen molar-refractivity contribution in [2.75, 3.05) is 26.7 Å². The van der Waals surface area contributed by atoms with E-state index in [1.165, 1.54) is 6.42 Å². The summed E-state index contributed by atoms with van der Waals surface area (Å²) in [7, 11) is 2.03. The minimum atomic E-state index is 0.651. The molecule has 1 fully saturated rings. The number of benzene rings is 1. The molecule has 2 nitrogen and oxygen atoms in total. The Morgan fingerprint density at radius 3 is 2.88 bits per heavy atom. The van der Waals surface area contributed by atoms with Crippen molar-refractivity contribution in [3.05, 3.63) is 35.9 Å². The largest absolute Gasteiger partial charge is 0.316 e. The molecule has 0 radical (unpaired) electrons. The highest BCUT2D eigenvalue weighted by Gasteiger charge is 2.19. The Balaban J connectivity index is 1.82. The fourth-order valence-corrected chi connectivity index (χ4v) is 1.99. The first kappa shape index (κ1) is 11.2. The number of hydrogen-bond acceptors (Lipinski definition) is 2. The maximum atomic E-state index is 3.31. The van der Waals surface area contributed by atoms with Gasteiger partial charge < -0.3 is 5.32 Å². The van der Waals surface area contributed by atoms with Gasteiger partial charge in [0.25, 0.3) is 0 Å². The van der Waals surface area contributed by atoms with Gasteiger partial charge in [0.05, 0.1) is 6.54 Å². The van der Waals surface area contributed by atoms with Gasteiger partial charge in [-0.1, -0.05) is 30.0 Å². The van der Waals surface area contributed by atoms with E-state index >= 15 is 0 Å². The quantitative estimate of drug-likeness (QED) is 0.747. The molecule has 1 aromatic rings. The van der Waals surface area contributed by atoms with Crippen LogP contribution in [-0.2, 0) is 0 Å². The van der Waals surface area contributed by atoms with Crippen LogP contribution in [0, 0.1) is 11.8 Å². The van der Waals surface area contributed by atoms with Crippen molar-refractivity contribution in [3.8, 4) is 11.8 Å². The molecule has 1 heterocycles. The van der Waals surface area contributed by atoms with Crippen LogP contribution in [0.5, 0.6) is 0 Å². The predicted molar refractivity (Wildman–Crippen MR) is 67.2 cm³/mol. The molecule has 1 saturated heterocycles. The van der Waals surface area contributed by atoms with E-state index in [0.29, 0.717) is 6.04 Å². The fraction of sp³-hybridized carbons (Fsp3) is 0.429. The molecule has 1 aliphatic rings. The molecule has 1 atom stereocenters. The molecule has 0 aromatic heterocycles. The van der Waals surface area contributed by atoms with Gasteiger partial charge in [0.15, 0.2) is 0 Å². The standard InChI is InChI=1S/C14H18N2/c1-15-14-9-11-16(12-14)10-5-8-13-6-3-2-4-7-13/h2-4,6-7,14-15H,9-12H2,1H3. The summed E-state index contributed by atoms with van der Waals surface area (Å²) in [6, 6.07) is 10.8. The molecule has 1 N–H and O–H groups in total. The summed E-state index contributed by atoms with van der Waals surface area (Å²) in [4.78, 5) is 2.40. The molecule has 0 saturated carbocycles. The topological polar surface area (TPSA) is 15.3 Å². The third kappa shape index (κ3) is 3.10. The summed E-state index contributed by atoms with van der Waals surface area (Å²) in [6.07, 6.45) is 1.24. The van der Waals surface area contributed by atoms with E-state index in [-0.39, 0.29) is 0 Å². The summed E-state index contributed by atoms with van der Waals surface area (Å²) in [5.41, 5.74) is 1.10. The van der Waals surface area contributed by atoms with E-state index in [1.54, 1.807) is 0 Å². The lowest BCUT2D eigenvalue weighted by molar-refractivity contribution is 0.371. The van der Waals surface area contributed by atoms with Crippen LogP contribution in [0.1, 0.15) is 12.0 Å². The van der Waals surface area contributed by atoms with Crippen molar-refractivity contribution >= 4 is 0 Å². The van der Waals surface area contributed by atoms with Crippen LogP contribution < -0.4 is 5.32 Å². The first-order chi connectivity index (χ1) is 7.88. The summed E-state index contributed by atoms with van der Waals surface area (Å²) in [6.45, 7) is 3.17. The van der Waals surface area contributed by atoms with Crippen molar-refractivity contribution in [1.29, 1.82) is 0 Å². The Morgan fingerprint density at radius 1 is 1.38 bits per heavy atom. The van der Waals surface area contributed by atoms with Gasteiger partial charge in [0.2, 0.25) is 0 Å². The number of likely N-dealkylation sites (N-methyl/N-ethyl adjacent to an activating group) is 1. The predicted octanol–water partition coefficient (Wildman–Crippen LogP) is 1.33. The number of rotatable bonds is 2. The Bertz CT molecular complexity index is 375. The van der Waals surface area contributed by atoms with E-state index in [9.17, 15) is 0 Å². The zero-order chi connectivity index (χ0) is 11.2. The van der Waals surface area contributed by atoms with Crippen molar-refractivity contribution in [3.63, 3.8) is 0 Å². The highest BCUT2D eigenvalue weighted by atomic mass is 15.2. The number of hydrogen-bond donors (Lipinski definition) is 1. The van der Waals surface area contributed by atoms with Crippen LogP contribution in [0.4, 0.5) is 0 Å². The second-order valence-corrected chi connectivity index (χ2v) is 4.18. The van der Waals surface area contributed by atoms with Gasteiger partial charge in [-0.05, 0) is 25.6 Å². The SMILES string of the molecule is CNC1CCN(CC#Cc2ccccc2)C1. The Hall–Kier alpha value is -1.30. The fourth-order valence-electron chi connectivity index (χ4n) is 1.99. The molecule has 2 rings (SSSR count). The third-order valence-electron chi connectivity index (χ3n) is 2.99. The molecule has 2 heteroatoms. The second-order valence-electron chi connectivity index (χ2n) is 4.18. The number of nitrogens with zero attached hydrogens (tertiary/aromatic N) is 1. The van der Waals surface area contributed by atoms with Crippen molar-refractivity contribution in [2.24, 2.45) is 0 Å². The van der Waals surface area contributed by atoms with E-state index in [2.05, 4.69) is 22.1 Å². The molecule has 16 heavy (non-hydrogen) atoms. The average molecular weight is 214 g/mol. The molecule has 0 amide bonds. The van der Waals surface area contributed by atoms with Crippen molar-refractivity contribution in [1.82, 2.24) is 10.2 Å². The zero-order valence-electron chi connectivity index (χ0n) is 9.74. The van der Waals surface area contributed by atoms with Gasteiger partial charge in [-0.15, -0.1) is 0 Å². The maximum absolute atomic E-state index is 3.31. The number of likely N-dealkylation sites (tertiary alicyclic amines) is 1. The van der Waals surface area contributed by atoms with Crippen molar-refractivity contribution < 1.29 is 0 Å². The second kappa shape index (κ2) is 5.69. The molecule has 1 unspecified atom stereocenters. The molecule has 0 bridgehead atoms. The summed E-state index contributed by atoms with van der Waals surface area (Å²) < 4.78 is 0. The molecule has 1 aromatic carbocycles. The molecule has 1 aliphatic heterocycles. The zero-order valence-corrected chi connectivity index (χ0v) is 9.74. The van der Waals surface area contributed by atoms with Gasteiger partial charge in [0, 0.05) is 24.7 Å². The van der Waals surface area contributed by atoms with Gasteiger partial charge in [0.1, 0.15) is 0 Å². The number of nitrogens with one attached hydrogen (secondary N) is 1. The summed E-state index contributed by atoms with van der Waals surface area (Å²) in [5.74, 6) is 6.43. The summed E-state index contributed by atoms with van der Waals surface area (Å²) >= 11 is 0. The summed E-state index contributed by atoms with van der Waals surface area (Å²) in [5, 5.41) is 3.31. The molecular formula is C14H18N2. The van der Waals surface area contributed by atoms with Crippen LogP contribution in [0.2, 0.25) is 0 Å². The minimum absolute atomic E-state index is 0.651. The Labute approximate surface area is 97.7 Å². The lowest BCUT2D eigenvalue weighted by atomic mass is 10.2. The van der Waals surface area contributed by atoms with E-state index in [4.69, 9.17) is 0 Å². The molecular weight excluding hydrogens is 196 g/mol. The van der Waals surface area contributed by atoms with Crippen LogP contribution >= 0.6 is 0 Å². The van der Waals surface area contributed by atoms with Gasteiger partial charge in [-0.3, -0.25) is 4.90 Å². The van der Waals surface area contributed by atoms with E-state index in [0.717, 1.165) is 25.2 Å². The van der Waals surface area contributed by atoms with E-state index < -0.39 is 0 Å². The van der Waals surface area contributed by atoms with Gasteiger partial charge in [-0.2, -0.15) is 0 Å². The Kier molecular flexibility index (Phi) is 3.98. The molecule has 0 aliphatic carbocycles. The maximum Gasteiger partial charge on any atom is 0.0605 e. The lowest BCUT2D eigenvalue weighted by Gasteiger charge is -2.11. The average Bonchev–Trinajstić information content (AvgIpc) is 2.78. The lowest BCUT2D eigenvalue weighted by Crippen LogP contribution is -2.29. The first-order valence-corrected chi connectivity index (χ1v) is 5.82. The smallest absolute Gasteiger partial charge is 0.0605 e. The molecule has 84 valence electrons. The van der Waals surface area contributed by atoms with Crippen LogP contribution in [0.15, 0.2) is 30.3 Å². The highest BCUT2D eigenvalue weighted by molar-refractivity contribution is 5.33. The molecule has 0 spiro atoms. The van der Waals surface area contributed by atoms with E-state index in [1.807, 2.05) is 37.4 Å².